The average molecular weight is 290 g/mol. The zero-order chi connectivity index (χ0) is 15.6. The number of anilines is 2. The van der Waals surface area contributed by atoms with E-state index in [2.05, 4.69) is 5.32 Å². The van der Waals surface area contributed by atoms with Crippen molar-refractivity contribution in [3.05, 3.63) is 52.1 Å². The number of hydrogen-bond donors (Lipinski definition) is 4. The van der Waals surface area contributed by atoms with E-state index in [1.807, 2.05) is 0 Å². The molecule has 0 spiro atoms. The van der Waals surface area contributed by atoms with Gasteiger partial charge in [0.1, 0.15) is 11.5 Å². The lowest BCUT2D eigenvalue weighted by molar-refractivity contribution is -0.384. The summed E-state index contributed by atoms with van der Waals surface area (Å²) in [5.41, 5.74) is -0.805. The highest BCUT2D eigenvalue weighted by Crippen LogP contribution is 2.37. The van der Waals surface area contributed by atoms with Crippen LogP contribution in [0.4, 0.5) is 17.1 Å². The molecule has 0 aromatic heterocycles. The minimum Gasteiger partial charge on any atom is -0.508 e. The third-order valence-electron chi connectivity index (χ3n) is 2.68. The number of benzene rings is 2. The van der Waals surface area contributed by atoms with E-state index >= 15 is 0 Å². The van der Waals surface area contributed by atoms with Gasteiger partial charge in [-0.3, -0.25) is 10.1 Å². The minimum absolute atomic E-state index is 0.0143. The van der Waals surface area contributed by atoms with E-state index in [-0.39, 0.29) is 11.4 Å². The molecule has 0 atom stereocenters. The Morgan fingerprint density at radius 2 is 1.76 bits per heavy atom. The van der Waals surface area contributed by atoms with Crippen LogP contribution in [0.3, 0.4) is 0 Å². The van der Waals surface area contributed by atoms with Crippen LogP contribution in [0.25, 0.3) is 0 Å². The predicted octanol–water partition coefficient (Wildman–Crippen LogP) is 2.45. The molecule has 0 heterocycles. The third kappa shape index (κ3) is 3.00. The quantitative estimate of drug-likeness (QED) is 0.294. The molecule has 0 aliphatic carbocycles. The summed E-state index contributed by atoms with van der Waals surface area (Å²) in [6.07, 6.45) is 0. The van der Waals surface area contributed by atoms with Gasteiger partial charge < -0.3 is 20.6 Å². The third-order valence-corrected chi connectivity index (χ3v) is 2.68. The van der Waals surface area contributed by atoms with E-state index in [4.69, 9.17) is 10.2 Å². The summed E-state index contributed by atoms with van der Waals surface area (Å²) in [5.74, 6) is -1.93. The van der Waals surface area contributed by atoms with E-state index in [0.29, 0.717) is 5.69 Å². The molecular weight excluding hydrogens is 280 g/mol. The van der Waals surface area contributed by atoms with Gasteiger partial charge in [-0.2, -0.15) is 0 Å². The highest BCUT2D eigenvalue weighted by Gasteiger charge is 2.22. The van der Waals surface area contributed by atoms with Gasteiger partial charge in [-0.15, -0.1) is 0 Å². The number of nitro benzene ring substituents is 1. The van der Waals surface area contributed by atoms with E-state index in [9.17, 15) is 20.0 Å². The number of rotatable bonds is 4. The molecule has 0 radical (unpaired) electrons. The molecule has 0 amide bonds. The van der Waals surface area contributed by atoms with Gasteiger partial charge in [0.15, 0.2) is 5.69 Å². The van der Waals surface area contributed by atoms with E-state index in [1.54, 1.807) is 0 Å². The molecule has 21 heavy (non-hydrogen) atoms. The first kappa shape index (κ1) is 14.1. The molecule has 2 aromatic carbocycles. The summed E-state index contributed by atoms with van der Waals surface area (Å²) in [4.78, 5) is 21.1. The summed E-state index contributed by atoms with van der Waals surface area (Å²) in [5, 5.41) is 41.5. The Hall–Kier alpha value is -3.29. The van der Waals surface area contributed by atoms with Crippen LogP contribution < -0.4 is 5.32 Å². The van der Waals surface area contributed by atoms with E-state index < -0.39 is 27.9 Å². The number of aromatic hydroxyl groups is 2. The standard InChI is InChI=1S/C13H10N2O6/c16-9-3-1-8(2-4-9)14-12-10(15(20)21)5-7(13(18)19)6-11(12)17/h1-6,14,16-17H,(H,18,19). The zero-order valence-corrected chi connectivity index (χ0v) is 10.5. The van der Waals surface area contributed by atoms with Gasteiger partial charge in [0.25, 0.3) is 5.69 Å². The summed E-state index contributed by atoms with van der Waals surface area (Å²) < 4.78 is 0. The molecule has 0 fully saturated rings. The maximum Gasteiger partial charge on any atom is 0.336 e. The summed E-state index contributed by atoms with van der Waals surface area (Å²) in [7, 11) is 0. The summed E-state index contributed by atoms with van der Waals surface area (Å²) in [6.45, 7) is 0. The SMILES string of the molecule is O=C(O)c1cc(O)c(Nc2ccc(O)cc2)c([N+](=O)[O-])c1. The fraction of sp³-hybridized carbons (Fsp3) is 0. The summed E-state index contributed by atoms with van der Waals surface area (Å²) >= 11 is 0. The minimum atomic E-state index is -1.38. The second-order valence-electron chi connectivity index (χ2n) is 4.12. The van der Waals surface area contributed by atoms with Crippen molar-refractivity contribution in [3.63, 3.8) is 0 Å². The molecular formula is C13H10N2O6. The summed E-state index contributed by atoms with van der Waals surface area (Å²) in [6, 6.07) is 7.38. The number of carboxylic acid groups (broad SMARTS) is 1. The van der Waals surface area contributed by atoms with Crippen LogP contribution in [0.15, 0.2) is 36.4 Å². The average Bonchev–Trinajstić information content (AvgIpc) is 2.42. The maximum atomic E-state index is 11.0. The van der Waals surface area contributed by atoms with E-state index in [0.717, 1.165) is 12.1 Å². The maximum absolute atomic E-state index is 11.0. The highest BCUT2D eigenvalue weighted by atomic mass is 16.6. The molecule has 8 heteroatoms. The monoisotopic (exact) mass is 290 g/mol. The van der Waals surface area contributed by atoms with Gasteiger partial charge in [-0.05, 0) is 30.3 Å². The molecule has 8 nitrogen and oxygen atoms in total. The molecule has 4 N–H and O–H groups in total. The van der Waals surface area contributed by atoms with Crippen LogP contribution >= 0.6 is 0 Å². The van der Waals surface area contributed by atoms with Crippen molar-refractivity contribution in [2.75, 3.05) is 5.32 Å². The topological polar surface area (TPSA) is 133 Å². The first-order valence-corrected chi connectivity index (χ1v) is 5.69. The molecule has 0 saturated carbocycles. The first-order valence-electron chi connectivity index (χ1n) is 5.69. The van der Waals surface area contributed by atoms with Crippen molar-refractivity contribution in [2.24, 2.45) is 0 Å². The van der Waals surface area contributed by atoms with Crippen molar-refractivity contribution in [1.82, 2.24) is 0 Å². The number of nitrogens with zero attached hydrogens (tertiary/aromatic N) is 1. The van der Waals surface area contributed by atoms with Gasteiger partial charge in [-0.1, -0.05) is 0 Å². The number of aromatic carboxylic acids is 1. The van der Waals surface area contributed by atoms with Crippen LogP contribution in [0.2, 0.25) is 0 Å². The van der Waals surface area contributed by atoms with Gasteiger partial charge in [0.2, 0.25) is 0 Å². The predicted molar refractivity (Wildman–Crippen MR) is 73.1 cm³/mol. The lowest BCUT2D eigenvalue weighted by Gasteiger charge is -2.10. The highest BCUT2D eigenvalue weighted by molar-refractivity contribution is 5.92. The zero-order valence-electron chi connectivity index (χ0n) is 10.5. The van der Waals surface area contributed by atoms with Gasteiger partial charge in [0.05, 0.1) is 10.5 Å². The van der Waals surface area contributed by atoms with Gasteiger partial charge in [0, 0.05) is 11.8 Å². The number of phenolic OH excluding ortho intramolecular Hbond substituents is 2. The Morgan fingerprint density at radius 3 is 2.29 bits per heavy atom. The largest absolute Gasteiger partial charge is 0.508 e. The molecule has 2 rings (SSSR count). The number of carbonyl (C=O) groups is 1. The molecule has 108 valence electrons. The van der Waals surface area contributed by atoms with Crippen molar-refractivity contribution in [3.8, 4) is 11.5 Å². The van der Waals surface area contributed by atoms with Crippen LogP contribution in [-0.2, 0) is 0 Å². The van der Waals surface area contributed by atoms with Crippen LogP contribution in [-0.4, -0.2) is 26.2 Å². The number of nitro groups is 1. The molecule has 0 aliphatic heterocycles. The molecule has 2 aromatic rings. The van der Waals surface area contributed by atoms with Crippen molar-refractivity contribution in [1.29, 1.82) is 0 Å². The van der Waals surface area contributed by atoms with Crippen molar-refractivity contribution >= 4 is 23.0 Å². The first-order chi connectivity index (χ1) is 9.88. The van der Waals surface area contributed by atoms with Crippen molar-refractivity contribution in [2.45, 2.75) is 0 Å². The molecule has 0 unspecified atom stereocenters. The fourth-order valence-electron chi connectivity index (χ4n) is 1.70. The lowest BCUT2D eigenvalue weighted by atomic mass is 10.1. The Balaban J connectivity index is 2.49. The Morgan fingerprint density at radius 1 is 1.14 bits per heavy atom. The normalized spacial score (nSPS) is 10.1. The lowest BCUT2D eigenvalue weighted by Crippen LogP contribution is -2.02. The molecule has 0 aliphatic rings. The smallest absolute Gasteiger partial charge is 0.336 e. The number of phenols is 2. The molecule has 0 saturated heterocycles. The van der Waals surface area contributed by atoms with Crippen LogP contribution in [0.1, 0.15) is 10.4 Å². The van der Waals surface area contributed by atoms with Crippen LogP contribution in [0, 0.1) is 10.1 Å². The fourth-order valence-corrected chi connectivity index (χ4v) is 1.70. The molecule has 0 bridgehead atoms. The Labute approximate surface area is 118 Å². The van der Waals surface area contributed by atoms with Crippen LogP contribution in [0.5, 0.6) is 11.5 Å². The Bertz CT molecular complexity index is 711. The van der Waals surface area contributed by atoms with Gasteiger partial charge >= 0.3 is 5.97 Å². The van der Waals surface area contributed by atoms with Gasteiger partial charge in [-0.25, -0.2) is 4.79 Å². The number of nitrogens with one attached hydrogen (secondary N) is 1. The van der Waals surface area contributed by atoms with E-state index in [1.165, 1.54) is 24.3 Å². The second kappa shape index (κ2) is 5.37. The second-order valence-corrected chi connectivity index (χ2v) is 4.12. The Kier molecular flexibility index (Phi) is 3.61. The number of hydrogen-bond acceptors (Lipinski definition) is 6. The number of carboxylic acids is 1. The van der Waals surface area contributed by atoms with Crippen molar-refractivity contribution < 1.29 is 25.0 Å².